The fourth-order valence-corrected chi connectivity index (χ4v) is 8.13. The van der Waals surface area contributed by atoms with Crippen LogP contribution in [0.5, 0.6) is 5.75 Å². The topological polar surface area (TPSA) is 127 Å². The van der Waals surface area contributed by atoms with E-state index < -0.39 is 29.7 Å². The monoisotopic (exact) mass is 735 g/mol. The third-order valence-corrected chi connectivity index (χ3v) is 11.3. The lowest BCUT2D eigenvalue weighted by Gasteiger charge is -2.49. The summed E-state index contributed by atoms with van der Waals surface area (Å²) in [7, 11) is 0. The average molecular weight is 736 g/mol. The van der Waals surface area contributed by atoms with Crippen molar-refractivity contribution in [2.75, 3.05) is 62.2 Å². The highest BCUT2D eigenvalue weighted by molar-refractivity contribution is 6.33. The average Bonchev–Trinajstić information content (AvgIpc) is 3.39. The van der Waals surface area contributed by atoms with Crippen molar-refractivity contribution in [3.63, 3.8) is 0 Å². The normalized spacial score (nSPS) is 21.3. The van der Waals surface area contributed by atoms with E-state index >= 15 is 0 Å². The molecular weight excluding hydrogens is 698 g/mol. The van der Waals surface area contributed by atoms with E-state index in [-0.39, 0.29) is 36.0 Å². The number of hydrogen-bond acceptors (Lipinski definition) is 9. The van der Waals surface area contributed by atoms with Gasteiger partial charge in [0.05, 0.1) is 22.7 Å². The molecule has 0 aromatic heterocycles. The van der Waals surface area contributed by atoms with Gasteiger partial charge < -0.3 is 19.4 Å². The molecule has 1 N–H and O–H groups in total. The Morgan fingerprint density at radius 3 is 2.17 bits per heavy atom. The van der Waals surface area contributed by atoms with Crippen LogP contribution in [0.15, 0.2) is 60.7 Å². The summed E-state index contributed by atoms with van der Waals surface area (Å²) in [6.07, 6.45) is 1.98. The molecule has 5 heterocycles. The third-order valence-electron chi connectivity index (χ3n) is 11.0. The van der Waals surface area contributed by atoms with Gasteiger partial charge in [-0.3, -0.25) is 39.1 Å². The standard InChI is InChI=1S/C39H38ClN7O6/c1-41-33-9-7-29(21-32(33)40)53-28-12-14-43(15-13-28)25-4-2-24(3-5-25)37(50)45-18-16-44(17-19-45)27-22-46(23-27)26-6-8-30-31(20-26)39(52)47(38(30)51)34-10-11-35(48)42-36(34)49/h2-9,20-21,27-28,34H,10-19,22-23H2,(H,42,48,49). The number of nitrogens with zero attached hydrogens (tertiary/aromatic N) is 6. The van der Waals surface area contributed by atoms with Crippen LogP contribution in [0, 0.1) is 6.57 Å². The number of carbonyl (C=O) groups is 5. The summed E-state index contributed by atoms with van der Waals surface area (Å²) >= 11 is 6.17. The predicted octanol–water partition coefficient (Wildman–Crippen LogP) is 3.99. The second-order valence-electron chi connectivity index (χ2n) is 14.1. The lowest BCUT2D eigenvalue weighted by Crippen LogP contribution is -2.63. The van der Waals surface area contributed by atoms with Crippen LogP contribution in [0.3, 0.4) is 0 Å². The zero-order valence-electron chi connectivity index (χ0n) is 29.0. The maximum atomic E-state index is 13.4. The predicted molar refractivity (Wildman–Crippen MR) is 197 cm³/mol. The van der Waals surface area contributed by atoms with Gasteiger partial charge in [-0.25, -0.2) is 4.85 Å². The van der Waals surface area contributed by atoms with Gasteiger partial charge in [0.15, 0.2) is 0 Å². The van der Waals surface area contributed by atoms with Gasteiger partial charge in [-0.1, -0.05) is 17.7 Å². The van der Waals surface area contributed by atoms with E-state index in [9.17, 15) is 24.0 Å². The quantitative estimate of drug-likeness (QED) is 0.283. The highest BCUT2D eigenvalue weighted by atomic mass is 35.5. The number of anilines is 2. The van der Waals surface area contributed by atoms with E-state index in [0.29, 0.717) is 41.2 Å². The Morgan fingerprint density at radius 1 is 0.792 bits per heavy atom. The molecule has 3 aromatic rings. The van der Waals surface area contributed by atoms with Crippen molar-refractivity contribution < 1.29 is 28.7 Å². The Morgan fingerprint density at radius 2 is 1.49 bits per heavy atom. The van der Waals surface area contributed by atoms with Gasteiger partial charge in [-0.2, -0.15) is 0 Å². The zero-order valence-corrected chi connectivity index (χ0v) is 29.8. The van der Waals surface area contributed by atoms with E-state index in [0.717, 1.165) is 68.4 Å². The number of amides is 5. The van der Waals surface area contributed by atoms with E-state index in [2.05, 4.69) is 24.9 Å². The fraction of sp³-hybridized carbons (Fsp3) is 0.385. The molecule has 1 unspecified atom stereocenters. The minimum absolute atomic E-state index is 0.0325. The fourth-order valence-electron chi connectivity index (χ4n) is 7.92. The molecule has 0 radical (unpaired) electrons. The lowest BCUT2D eigenvalue weighted by atomic mass is 10.0. The molecule has 13 nitrogen and oxygen atoms in total. The summed E-state index contributed by atoms with van der Waals surface area (Å²) in [5.41, 5.74) is 3.57. The number of hydrogen-bond donors (Lipinski definition) is 1. The largest absolute Gasteiger partial charge is 0.490 e. The van der Waals surface area contributed by atoms with Crippen molar-refractivity contribution in [3.05, 3.63) is 93.8 Å². The number of halogens is 1. The second-order valence-corrected chi connectivity index (χ2v) is 14.5. The van der Waals surface area contributed by atoms with Crippen LogP contribution in [-0.2, 0) is 9.59 Å². The SMILES string of the molecule is [C-]#[N+]c1ccc(OC2CCN(c3ccc(C(=O)N4CCN(C5CN(c6ccc7c(c6)C(=O)N(C6CCC(=O)NC6=O)C7=O)C5)CC4)cc3)CC2)cc1Cl. The highest BCUT2D eigenvalue weighted by Crippen LogP contribution is 2.34. The van der Waals surface area contributed by atoms with Crippen molar-refractivity contribution in [3.8, 4) is 5.75 Å². The van der Waals surface area contributed by atoms with Crippen LogP contribution >= 0.6 is 11.6 Å². The molecule has 1 atom stereocenters. The first-order valence-corrected chi connectivity index (χ1v) is 18.4. The number of piperidine rings is 2. The Balaban J connectivity index is 0.792. The van der Waals surface area contributed by atoms with Crippen molar-refractivity contribution in [2.45, 2.75) is 43.9 Å². The van der Waals surface area contributed by atoms with Crippen molar-refractivity contribution in [1.29, 1.82) is 0 Å². The summed E-state index contributed by atoms with van der Waals surface area (Å²) in [4.78, 5) is 76.9. The molecule has 0 spiro atoms. The van der Waals surface area contributed by atoms with Crippen LogP contribution in [0.2, 0.25) is 5.02 Å². The molecule has 5 amide bonds. The van der Waals surface area contributed by atoms with E-state index in [1.165, 1.54) is 0 Å². The van der Waals surface area contributed by atoms with Gasteiger partial charge in [0.2, 0.25) is 17.5 Å². The highest BCUT2D eigenvalue weighted by Gasteiger charge is 2.45. The first-order valence-electron chi connectivity index (χ1n) is 18.0. The summed E-state index contributed by atoms with van der Waals surface area (Å²) in [5, 5.41) is 2.62. The summed E-state index contributed by atoms with van der Waals surface area (Å²) in [6.45, 7) is 13.2. The second kappa shape index (κ2) is 14.2. The van der Waals surface area contributed by atoms with Crippen LogP contribution in [0.4, 0.5) is 17.1 Å². The van der Waals surface area contributed by atoms with Crippen molar-refractivity contribution in [1.82, 2.24) is 20.0 Å². The summed E-state index contributed by atoms with van der Waals surface area (Å²) < 4.78 is 6.13. The van der Waals surface area contributed by atoms with E-state index in [1.807, 2.05) is 35.2 Å². The molecule has 0 saturated carbocycles. The minimum Gasteiger partial charge on any atom is -0.490 e. The maximum Gasteiger partial charge on any atom is 0.262 e. The first-order chi connectivity index (χ1) is 25.7. The summed E-state index contributed by atoms with van der Waals surface area (Å²) in [5.74, 6) is -1.33. The number of ether oxygens (including phenoxy) is 1. The summed E-state index contributed by atoms with van der Waals surface area (Å²) in [6, 6.07) is 17.6. The Hall–Kier alpha value is -5.45. The van der Waals surface area contributed by atoms with E-state index in [4.69, 9.17) is 22.9 Å². The van der Waals surface area contributed by atoms with Gasteiger partial charge in [-0.05, 0) is 61.0 Å². The smallest absolute Gasteiger partial charge is 0.262 e. The lowest BCUT2D eigenvalue weighted by molar-refractivity contribution is -0.136. The van der Waals surface area contributed by atoms with Crippen LogP contribution < -0.4 is 19.9 Å². The third kappa shape index (κ3) is 6.69. The van der Waals surface area contributed by atoms with Gasteiger partial charge >= 0.3 is 0 Å². The molecule has 4 saturated heterocycles. The van der Waals surface area contributed by atoms with E-state index in [1.54, 1.807) is 30.3 Å². The molecular formula is C39H38ClN7O6. The number of carbonyl (C=O) groups excluding carboxylic acids is 5. The number of imide groups is 2. The zero-order chi connectivity index (χ0) is 36.8. The Kier molecular flexibility index (Phi) is 9.26. The first kappa shape index (κ1) is 34.6. The Bertz CT molecular complexity index is 2030. The van der Waals surface area contributed by atoms with Crippen molar-refractivity contribution >= 4 is 58.2 Å². The number of piperazine rings is 1. The molecule has 3 aromatic carbocycles. The minimum atomic E-state index is -0.985. The molecule has 0 aliphatic carbocycles. The van der Waals surface area contributed by atoms with Crippen molar-refractivity contribution in [2.24, 2.45) is 0 Å². The molecule has 8 rings (SSSR count). The van der Waals surface area contributed by atoms with Gasteiger partial charge in [-0.15, -0.1) is 0 Å². The van der Waals surface area contributed by atoms with Crippen LogP contribution in [0.25, 0.3) is 4.85 Å². The molecule has 53 heavy (non-hydrogen) atoms. The molecule has 5 aliphatic heterocycles. The van der Waals surface area contributed by atoms with Crippen LogP contribution in [-0.4, -0.2) is 115 Å². The molecule has 4 fully saturated rings. The number of fused-ring (bicyclic) bond motifs is 1. The number of benzene rings is 3. The molecule has 0 bridgehead atoms. The molecule has 14 heteroatoms. The Labute approximate surface area is 311 Å². The number of nitrogens with one attached hydrogen (secondary N) is 1. The van der Waals surface area contributed by atoms with Gasteiger partial charge in [0.25, 0.3) is 17.7 Å². The molecule has 5 aliphatic rings. The van der Waals surface area contributed by atoms with Gasteiger partial charge in [0.1, 0.15) is 17.9 Å². The van der Waals surface area contributed by atoms with Crippen LogP contribution in [0.1, 0.15) is 56.8 Å². The maximum absolute atomic E-state index is 13.4. The van der Waals surface area contributed by atoms with Gasteiger partial charge in [0, 0.05) is 94.6 Å². The molecule has 272 valence electrons. The number of rotatable bonds is 7.